The summed E-state index contributed by atoms with van der Waals surface area (Å²) in [4.78, 5) is 0. The van der Waals surface area contributed by atoms with Crippen LogP contribution in [0.2, 0.25) is 0 Å². The molecule has 1 aliphatic heterocycles. The van der Waals surface area contributed by atoms with Gasteiger partial charge in [-0.1, -0.05) is 38.8 Å². The quantitative estimate of drug-likeness (QED) is 0.868. The smallest absolute Gasteiger partial charge is 0.231 e. The normalized spacial score (nSPS) is 29.3. The maximum atomic E-state index is 10.3. The lowest BCUT2D eigenvalue weighted by atomic mass is 9.89. The second-order valence-corrected chi connectivity index (χ2v) is 3.91. The van der Waals surface area contributed by atoms with E-state index in [0.29, 0.717) is 0 Å². The molecule has 0 bridgehead atoms. The van der Waals surface area contributed by atoms with E-state index in [0.717, 1.165) is 13.0 Å². The molecule has 1 heterocycles. The van der Waals surface area contributed by atoms with Crippen LogP contribution < -0.4 is 9.47 Å². The van der Waals surface area contributed by atoms with E-state index in [-0.39, 0.29) is 23.1 Å². The number of rotatable bonds is 2. The molecule has 1 aliphatic rings. The van der Waals surface area contributed by atoms with Crippen molar-refractivity contribution in [2.45, 2.75) is 26.7 Å². The standard InChI is InChI=1S/C14H18O3/c1-14(2,3)13(15)7-5-10-4-6-11-12(8-10)17-9-16-11/h4-8,13,15H,9H2,1-3H3/b7-5+/i1D3,2D3,5D,9D2. The highest BCUT2D eigenvalue weighted by Crippen LogP contribution is 2.33. The Morgan fingerprint density at radius 3 is 3.06 bits per heavy atom. The summed E-state index contributed by atoms with van der Waals surface area (Å²) >= 11 is 0. The Hall–Kier alpha value is -1.48. The van der Waals surface area contributed by atoms with Crippen molar-refractivity contribution >= 4 is 6.05 Å². The molecular formula is C14H18O3. The number of fused-ring (bicyclic) bond motifs is 1. The Kier molecular flexibility index (Phi) is 1.30. The average molecular weight is 243 g/mol. The van der Waals surface area contributed by atoms with Gasteiger partial charge in [0, 0.05) is 8.22 Å². The molecule has 0 amide bonds. The van der Waals surface area contributed by atoms with Crippen molar-refractivity contribution in [1.82, 2.24) is 0 Å². The van der Waals surface area contributed by atoms with Crippen molar-refractivity contribution in [1.29, 1.82) is 0 Å². The van der Waals surface area contributed by atoms with E-state index in [2.05, 4.69) is 0 Å². The summed E-state index contributed by atoms with van der Waals surface area (Å²) in [6.45, 7) is -7.41. The van der Waals surface area contributed by atoms with Gasteiger partial charge in [0.25, 0.3) is 0 Å². The van der Waals surface area contributed by atoms with Gasteiger partial charge in [0.2, 0.25) is 6.75 Å². The Morgan fingerprint density at radius 2 is 2.29 bits per heavy atom. The molecule has 0 aromatic heterocycles. The van der Waals surface area contributed by atoms with Crippen LogP contribution in [0.5, 0.6) is 11.5 Å². The highest BCUT2D eigenvalue weighted by Gasteiger charge is 2.19. The highest BCUT2D eigenvalue weighted by molar-refractivity contribution is 5.56. The van der Waals surface area contributed by atoms with Gasteiger partial charge in [-0.15, -0.1) is 0 Å². The molecule has 1 unspecified atom stereocenters. The predicted molar refractivity (Wildman–Crippen MR) is 67.1 cm³/mol. The first-order chi connectivity index (χ1) is 11.6. The molecule has 17 heavy (non-hydrogen) atoms. The van der Waals surface area contributed by atoms with E-state index < -0.39 is 32.0 Å². The first kappa shape index (κ1) is 5.02. The molecule has 3 nitrogen and oxygen atoms in total. The van der Waals surface area contributed by atoms with E-state index in [9.17, 15) is 5.11 Å². The van der Waals surface area contributed by atoms with Gasteiger partial charge in [0.05, 0.1) is 7.47 Å². The lowest BCUT2D eigenvalue weighted by molar-refractivity contribution is 0.106. The predicted octanol–water partition coefficient (Wildman–Crippen LogP) is 2.84. The fourth-order valence-electron chi connectivity index (χ4n) is 1.21. The second-order valence-electron chi connectivity index (χ2n) is 3.91. The Labute approximate surface area is 114 Å². The zero-order valence-electron chi connectivity index (χ0n) is 18.2. The number of ether oxygens (including phenoxy) is 2. The van der Waals surface area contributed by atoms with Crippen LogP contribution in [0.1, 0.15) is 38.5 Å². The van der Waals surface area contributed by atoms with Gasteiger partial charge in [-0.05, 0) is 23.1 Å². The van der Waals surface area contributed by atoms with Gasteiger partial charge >= 0.3 is 0 Å². The van der Waals surface area contributed by atoms with Crippen LogP contribution in [0.3, 0.4) is 0 Å². The number of hydrogen-bond donors (Lipinski definition) is 1. The molecule has 1 aromatic rings. The summed E-state index contributed by atoms with van der Waals surface area (Å²) in [7, 11) is 0. The molecule has 2 rings (SSSR count). The van der Waals surface area contributed by atoms with Gasteiger partial charge in [-0.3, -0.25) is 0 Å². The Balaban J connectivity index is 2.38. The minimum absolute atomic E-state index is 0.0366. The van der Waals surface area contributed by atoms with Gasteiger partial charge in [0.15, 0.2) is 11.5 Å². The molecule has 3 heteroatoms. The van der Waals surface area contributed by atoms with Gasteiger partial charge in [0.1, 0.15) is 2.74 Å². The van der Waals surface area contributed by atoms with Crippen molar-refractivity contribution in [3.05, 3.63) is 29.8 Å². The van der Waals surface area contributed by atoms with E-state index >= 15 is 0 Å². The van der Waals surface area contributed by atoms with Crippen LogP contribution >= 0.6 is 0 Å². The van der Waals surface area contributed by atoms with Crippen LogP contribution in [0, 0.1) is 5.41 Å². The summed E-state index contributed by atoms with van der Waals surface area (Å²) in [5.74, 6) is 0.163. The lowest BCUT2D eigenvalue weighted by Gasteiger charge is -2.22. The summed E-state index contributed by atoms with van der Waals surface area (Å²) < 4.78 is 77.7. The molecule has 0 saturated heterocycles. The third kappa shape index (κ3) is 2.80. The van der Waals surface area contributed by atoms with E-state index in [1.165, 1.54) is 18.2 Å². The fourth-order valence-corrected chi connectivity index (χ4v) is 1.21. The summed E-state index contributed by atoms with van der Waals surface area (Å²) in [6, 6.07) is 3.69. The monoisotopic (exact) mass is 243 g/mol. The zero-order valence-corrected chi connectivity index (χ0v) is 9.15. The van der Waals surface area contributed by atoms with Crippen molar-refractivity contribution in [3.8, 4) is 11.5 Å². The maximum absolute atomic E-state index is 10.3. The zero-order chi connectivity index (χ0) is 20.1. The van der Waals surface area contributed by atoms with Crippen LogP contribution in [-0.2, 0) is 0 Å². The van der Waals surface area contributed by atoms with Crippen LogP contribution in [0.15, 0.2) is 24.3 Å². The molecule has 1 atom stereocenters. The van der Waals surface area contributed by atoms with E-state index in [1.807, 2.05) is 0 Å². The molecule has 0 aliphatic carbocycles. The first-order valence-electron chi connectivity index (χ1n) is 9.47. The molecule has 92 valence electrons. The molecular weight excluding hydrogens is 216 g/mol. The van der Waals surface area contributed by atoms with Crippen molar-refractivity contribution < 1.29 is 26.9 Å². The van der Waals surface area contributed by atoms with Crippen molar-refractivity contribution in [2.75, 3.05) is 6.75 Å². The Bertz CT molecular complexity index is 707. The van der Waals surface area contributed by atoms with Crippen molar-refractivity contribution in [2.24, 2.45) is 5.41 Å². The minimum Gasteiger partial charge on any atom is -0.454 e. The number of hydrogen-bond acceptors (Lipinski definition) is 3. The third-order valence-corrected chi connectivity index (χ3v) is 2.25. The average Bonchev–Trinajstić information content (AvgIpc) is 2.76. The molecule has 1 aromatic carbocycles. The summed E-state index contributed by atoms with van der Waals surface area (Å²) in [5.41, 5.74) is -2.30. The number of benzene rings is 1. The van der Waals surface area contributed by atoms with E-state index in [4.69, 9.17) is 21.8 Å². The van der Waals surface area contributed by atoms with Gasteiger partial charge in [-0.2, -0.15) is 0 Å². The SMILES string of the molecule is [2H]/C(=C\C(O)C(C)(C([2H])([2H])[2H])C([2H])([2H])[2H])c1ccc2c(c1)OC([2H])([2H])O2. The minimum atomic E-state index is -3.00. The molecule has 0 radical (unpaired) electrons. The van der Waals surface area contributed by atoms with Gasteiger partial charge in [-0.25, -0.2) is 0 Å². The topological polar surface area (TPSA) is 38.7 Å². The van der Waals surface area contributed by atoms with Gasteiger partial charge < -0.3 is 14.6 Å². The van der Waals surface area contributed by atoms with Crippen LogP contribution in [0.4, 0.5) is 0 Å². The number of aliphatic hydroxyl groups excluding tert-OH is 1. The molecule has 0 spiro atoms. The summed E-state index contributed by atoms with van der Waals surface area (Å²) in [5, 5.41) is 10.3. The first-order valence-corrected chi connectivity index (χ1v) is 4.97. The Morgan fingerprint density at radius 1 is 1.53 bits per heavy atom. The molecule has 0 saturated carbocycles. The molecule has 0 fully saturated rings. The third-order valence-electron chi connectivity index (χ3n) is 2.25. The fraction of sp³-hybridized carbons (Fsp3) is 0.429. The van der Waals surface area contributed by atoms with Crippen molar-refractivity contribution in [3.63, 3.8) is 0 Å². The summed E-state index contributed by atoms with van der Waals surface area (Å²) in [6.07, 6.45) is -1.11. The highest BCUT2D eigenvalue weighted by atomic mass is 16.7. The van der Waals surface area contributed by atoms with Crippen LogP contribution in [0.25, 0.3) is 6.05 Å². The molecule has 1 N–H and O–H groups in total. The van der Waals surface area contributed by atoms with Crippen LogP contribution in [-0.4, -0.2) is 18.0 Å². The lowest BCUT2D eigenvalue weighted by Crippen LogP contribution is -2.23. The number of aliphatic hydroxyl groups is 1. The van der Waals surface area contributed by atoms with E-state index in [1.54, 1.807) is 0 Å². The maximum Gasteiger partial charge on any atom is 0.231 e. The second kappa shape index (κ2) is 4.41. The largest absolute Gasteiger partial charge is 0.454 e.